The zero-order chi connectivity index (χ0) is 9.56. The van der Waals surface area contributed by atoms with Crippen molar-refractivity contribution in [3.8, 4) is 0 Å². The molecule has 1 heterocycles. The number of aromatic amines is 1. The van der Waals surface area contributed by atoms with E-state index in [9.17, 15) is 9.59 Å². The molecular formula is C6H10N4O2. The lowest BCUT2D eigenvalue weighted by Gasteiger charge is -1.83. The van der Waals surface area contributed by atoms with Crippen LogP contribution in [0, 0.1) is 0 Å². The number of nitrogens with zero attached hydrogens (tertiary/aromatic N) is 1. The summed E-state index contributed by atoms with van der Waals surface area (Å²) in [6, 6.07) is 0. The lowest BCUT2D eigenvalue weighted by Crippen LogP contribution is -2.11. The average molecular weight is 170 g/mol. The van der Waals surface area contributed by atoms with Crippen LogP contribution < -0.4 is 17.0 Å². The van der Waals surface area contributed by atoms with Crippen molar-refractivity contribution in [3.05, 3.63) is 22.7 Å². The van der Waals surface area contributed by atoms with Gasteiger partial charge in [-0.15, -0.1) is 0 Å². The Kier molecular flexibility index (Phi) is 4.13. The molecule has 1 aromatic heterocycles. The van der Waals surface area contributed by atoms with Gasteiger partial charge < -0.3 is 16.5 Å². The lowest BCUT2D eigenvalue weighted by atomic mass is 10.7. The third kappa shape index (κ3) is 4.98. The van der Waals surface area contributed by atoms with Crippen LogP contribution in [0.1, 0.15) is 6.92 Å². The summed E-state index contributed by atoms with van der Waals surface area (Å²) >= 11 is 0. The maximum atomic E-state index is 10.4. The fraction of sp³-hybridized carbons (Fsp3) is 0.167. The van der Waals surface area contributed by atoms with Gasteiger partial charge in [0.05, 0.1) is 0 Å². The van der Waals surface area contributed by atoms with Crippen molar-refractivity contribution in [2.24, 2.45) is 5.73 Å². The van der Waals surface area contributed by atoms with Gasteiger partial charge in [-0.2, -0.15) is 0 Å². The van der Waals surface area contributed by atoms with Crippen LogP contribution in [-0.4, -0.2) is 15.9 Å². The van der Waals surface area contributed by atoms with Crippen LogP contribution in [0.15, 0.2) is 17.2 Å². The summed E-state index contributed by atoms with van der Waals surface area (Å²) in [5, 5.41) is 0. The van der Waals surface area contributed by atoms with E-state index >= 15 is 0 Å². The first-order valence-corrected chi connectivity index (χ1v) is 3.09. The Balaban J connectivity index is 0.000000261. The van der Waals surface area contributed by atoms with Crippen molar-refractivity contribution < 1.29 is 4.79 Å². The molecule has 6 nitrogen and oxygen atoms in total. The van der Waals surface area contributed by atoms with Crippen molar-refractivity contribution in [1.82, 2.24) is 9.97 Å². The first kappa shape index (κ1) is 10.2. The molecule has 0 aromatic carbocycles. The van der Waals surface area contributed by atoms with Crippen molar-refractivity contribution >= 4 is 11.7 Å². The van der Waals surface area contributed by atoms with E-state index in [-0.39, 0.29) is 17.3 Å². The fourth-order valence-electron chi connectivity index (χ4n) is 0.363. The van der Waals surface area contributed by atoms with E-state index in [0.29, 0.717) is 0 Å². The van der Waals surface area contributed by atoms with Crippen molar-refractivity contribution in [2.45, 2.75) is 6.92 Å². The Morgan fingerprint density at radius 2 is 2.17 bits per heavy atom. The molecule has 0 saturated heterocycles. The van der Waals surface area contributed by atoms with Gasteiger partial charge >= 0.3 is 0 Å². The predicted octanol–water partition coefficient (Wildman–Crippen LogP) is -1.16. The second kappa shape index (κ2) is 4.89. The number of nitrogens with two attached hydrogens (primary N) is 2. The number of amides is 1. The maximum absolute atomic E-state index is 10.4. The van der Waals surface area contributed by atoms with Gasteiger partial charge in [0, 0.05) is 19.3 Å². The molecule has 12 heavy (non-hydrogen) atoms. The Hall–Kier alpha value is -1.85. The van der Waals surface area contributed by atoms with Crippen LogP contribution in [0.4, 0.5) is 5.82 Å². The number of nitrogens with one attached hydrogen (secondary N) is 1. The van der Waals surface area contributed by atoms with E-state index in [1.807, 2.05) is 0 Å². The van der Waals surface area contributed by atoms with Gasteiger partial charge in [0.1, 0.15) is 0 Å². The second-order valence-corrected chi connectivity index (χ2v) is 1.91. The van der Waals surface area contributed by atoms with Crippen LogP contribution in [0.25, 0.3) is 0 Å². The molecule has 0 fully saturated rings. The molecule has 1 amide bonds. The minimum Gasteiger partial charge on any atom is -0.379 e. The van der Waals surface area contributed by atoms with Gasteiger partial charge in [-0.3, -0.25) is 9.59 Å². The number of primary amides is 1. The summed E-state index contributed by atoms with van der Waals surface area (Å²) in [5.41, 5.74) is 9.20. The highest BCUT2D eigenvalue weighted by molar-refractivity contribution is 5.70. The third-order valence-electron chi connectivity index (χ3n) is 0.735. The van der Waals surface area contributed by atoms with Gasteiger partial charge in [0.2, 0.25) is 5.91 Å². The van der Waals surface area contributed by atoms with E-state index in [2.05, 4.69) is 15.7 Å². The van der Waals surface area contributed by atoms with Gasteiger partial charge in [0.15, 0.2) is 5.82 Å². The number of carbonyl (C=O) groups is 1. The van der Waals surface area contributed by atoms with Crippen LogP contribution in [0.3, 0.4) is 0 Å². The first-order valence-electron chi connectivity index (χ1n) is 3.09. The van der Waals surface area contributed by atoms with E-state index in [1.54, 1.807) is 0 Å². The molecule has 0 spiro atoms. The molecule has 0 radical (unpaired) electrons. The monoisotopic (exact) mass is 170 g/mol. The normalized spacial score (nSPS) is 8.08. The summed E-state index contributed by atoms with van der Waals surface area (Å²) in [7, 11) is 0. The topological polar surface area (TPSA) is 115 Å². The molecule has 1 aromatic rings. The number of anilines is 1. The average Bonchev–Trinajstić information content (AvgIpc) is 1.94. The Bertz CT molecular complexity index is 302. The minimum atomic E-state index is -0.340. The molecule has 0 aliphatic heterocycles. The molecule has 0 aliphatic carbocycles. The zero-order valence-electron chi connectivity index (χ0n) is 6.57. The number of H-pyrrole nitrogens is 1. The molecule has 0 saturated carbocycles. The SMILES string of the molecule is CC(N)=O.Nc1ncc[nH]c1=O. The number of carbonyl (C=O) groups excluding carboxylic acids is 1. The van der Waals surface area contributed by atoms with Crippen LogP contribution >= 0.6 is 0 Å². The molecule has 1 rings (SSSR count). The largest absolute Gasteiger partial charge is 0.379 e. The number of hydrogen-bond acceptors (Lipinski definition) is 4. The first-order chi connectivity index (χ1) is 5.54. The summed E-state index contributed by atoms with van der Waals surface area (Å²) in [6.07, 6.45) is 2.86. The number of aromatic nitrogens is 2. The lowest BCUT2D eigenvalue weighted by molar-refractivity contribution is -0.115. The van der Waals surface area contributed by atoms with Crippen LogP contribution in [0.2, 0.25) is 0 Å². The van der Waals surface area contributed by atoms with Gasteiger partial charge in [-0.05, 0) is 0 Å². The molecule has 0 unspecified atom stereocenters. The Morgan fingerprint density at radius 3 is 2.42 bits per heavy atom. The van der Waals surface area contributed by atoms with Crippen molar-refractivity contribution in [3.63, 3.8) is 0 Å². The van der Waals surface area contributed by atoms with E-state index < -0.39 is 0 Å². The van der Waals surface area contributed by atoms with Crippen molar-refractivity contribution in [1.29, 1.82) is 0 Å². The molecule has 6 heteroatoms. The highest BCUT2D eigenvalue weighted by Crippen LogP contribution is 1.75. The van der Waals surface area contributed by atoms with Crippen LogP contribution in [-0.2, 0) is 4.79 Å². The van der Waals surface area contributed by atoms with Gasteiger partial charge in [0.25, 0.3) is 5.56 Å². The Labute approximate surface area is 68.6 Å². The molecule has 5 N–H and O–H groups in total. The van der Waals surface area contributed by atoms with E-state index in [0.717, 1.165) is 0 Å². The summed E-state index contributed by atoms with van der Waals surface area (Å²) in [6.45, 7) is 1.31. The number of hydrogen-bond donors (Lipinski definition) is 3. The standard InChI is InChI=1S/C4H5N3O.C2H5NO/c5-3-4(8)7-2-1-6-3;1-2(3)4/h1-2H,(H2,5,6)(H,7,8);1H3,(H2,3,4). The summed E-state index contributed by atoms with van der Waals surface area (Å²) < 4.78 is 0. The third-order valence-corrected chi connectivity index (χ3v) is 0.735. The molecule has 0 bridgehead atoms. The minimum absolute atomic E-state index is 0.00694. The van der Waals surface area contributed by atoms with E-state index in [4.69, 9.17) is 5.73 Å². The molecule has 66 valence electrons. The quantitative estimate of drug-likeness (QED) is 0.455. The van der Waals surface area contributed by atoms with Crippen molar-refractivity contribution in [2.75, 3.05) is 5.73 Å². The van der Waals surface area contributed by atoms with Gasteiger partial charge in [-0.1, -0.05) is 0 Å². The number of rotatable bonds is 0. The second-order valence-electron chi connectivity index (χ2n) is 1.91. The predicted molar refractivity (Wildman–Crippen MR) is 44.1 cm³/mol. The fourth-order valence-corrected chi connectivity index (χ4v) is 0.363. The number of nitrogen functional groups attached to an aromatic ring is 1. The highest BCUT2D eigenvalue weighted by Gasteiger charge is 1.86. The zero-order valence-corrected chi connectivity index (χ0v) is 6.57. The molecular weight excluding hydrogens is 160 g/mol. The summed E-state index contributed by atoms with van der Waals surface area (Å²) in [5.74, 6) is -0.326. The maximum Gasteiger partial charge on any atom is 0.290 e. The molecule has 0 aliphatic rings. The van der Waals surface area contributed by atoms with Crippen LogP contribution in [0.5, 0.6) is 0 Å². The highest BCUT2D eigenvalue weighted by atomic mass is 16.1. The van der Waals surface area contributed by atoms with E-state index in [1.165, 1.54) is 19.3 Å². The Morgan fingerprint density at radius 1 is 1.67 bits per heavy atom. The summed E-state index contributed by atoms with van der Waals surface area (Å²) in [4.78, 5) is 25.5. The smallest absolute Gasteiger partial charge is 0.290 e. The van der Waals surface area contributed by atoms with Gasteiger partial charge in [-0.25, -0.2) is 4.98 Å². The molecule has 0 atom stereocenters.